The average Bonchev–Trinajstić information content (AvgIpc) is 2.45. The van der Waals surface area contributed by atoms with Crippen molar-refractivity contribution in [2.45, 2.75) is 26.7 Å². The van der Waals surface area contributed by atoms with Crippen LogP contribution < -0.4 is 5.32 Å². The van der Waals surface area contributed by atoms with Crippen molar-refractivity contribution in [3.05, 3.63) is 63.3 Å². The molecule has 1 amide bonds. The number of aryl methyl sites for hydroxylation is 2. The lowest BCUT2D eigenvalue weighted by Gasteiger charge is -2.12. The number of nitro groups is 1. The molecular formula is C16H17N3O3. The van der Waals surface area contributed by atoms with Crippen LogP contribution in [0.15, 0.2) is 36.4 Å². The van der Waals surface area contributed by atoms with Gasteiger partial charge in [-0.25, -0.2) is 4.98 Å². The molecule has 2 rings (SSSR count). The molecule has 1 aromatic heterocycles. The minimum Gasteiger partial charge on any atom is -0.310 e. The highest BCUT2D eigenvalue weighted by molar-refractivity contribution is 5.94. The van der Waals surface area contributed by atoms with E-state index in [1.54, 1.807) is 25.1 Å². The van der Waals surface area contributed by atoms with Crippen LogP contribution in [0.4, 0.5) is 11.5 Å². The number of hydrogen-bond donors (Lipinski definition) is 1. The predicted octanol–water partition coefficient (Wildman–Crippen LogP) is 3.35. The van der Waals surface area contributed by atoms with Gasteiger partial charge in [-0.15, -0.1) is 0 Å². The lowest BCUT2D eigenvalue weighted by Crippen LogP contribution is -2.19. The quantitative estimate of drug-likeness (QED) is 0.693. The van der Waals surface area contributed by atoms with Gasteiger partial charge in [-0.05, 0) is 44.0 Å². The molecule has 0 aliphatic rings. The molecule has 22 heavy (non-hydrogen) atoms. The number of anilines is 1. The first-order chi connectivity index (χ1) is 10.4. The van der Waals surface area contributed by atoms with Gasteiger partial charge in [-0.2, -0.15) is 0 Å². The van der Waals surface area contributed by atoms with Crippen molar-refractivity contribution >= 4 is 17.4 Å². The van der Waals surface area contributed by atoms with Gasteiger partial charge in [0, 0.05) is 17.8 Å². The first-order valence-electron chi connectivity index (χ1n) is 6.87. The van der Waals surface area contributed by atoms with Crippen molar-refractivity contribution in [1.29, 1.82) is 0 Å². The number of rotatable bonds is 4. The van der Waals surface area contributed by atoms with E-state index in [-0.39, 0.29) is 11.6 Å². The third kappa shape index (κ3) is 3.66. The summed E-state index contributed by atoms with van der Waals surface area (Å²) in [5.74, 6) is -0.119. The van der Waals surface area contributed by atoms with E-state index >= 15 is 0 Å². The van der Waals surface area contributed by atoms with Gasteiger partial charge in [-0.1, -0.05) is 12.1 Å². The van der Waals surface area contributed by atoms with Gasteiger partial charge in [0.25, 0.3) is 5.69 Å². The summed E-state index contributed by atoms with van der Waals surface area (Å²) >= 11 is 0. The van der Waals surface area contributed by atoms with Gasteiger partial charge in [0.1, 0.15) is 5.82 Å². The molecule has 114 valence electrons. The van der Waals surface area contributed by atoms with E-state index in [9.17, 15) is 14.9 Å². The van der Waals surface area contributed by atoms with E-state index in [1.807, 2.05) is 19.9 Å². The third-order valence-electron chi connectivity index (χ3n) is 3.35. The van der Waals surface area contributed by atoms with Gasteiger partial charge >= 0.3 is 0 Å². The number of non-ortho nitro benzene ring substituents is 1. The van der Waals surface area contributed by atoms with Crippen molar-refractivity contribution in [2.75, 3.05) is 5.32 Å². The Morgan fingerprint density at radius 3 is 2.41 bits per heavy atom. The molecule has 1 atom stereocenters. The van der Waals surface area contributed by atoms with Crippen LogP contribution in [0.2, 0.25) is 0 Å². The molecule has 0 fully saturated rings. The molecule has 0 saturated heterocycles. The third-order valence-corrected chi connectivity index (χ3v) is 3.35. The summed E-state index contributed by atoms with van der Waals surface area (Å²) in [5.41, 5.74) is 2.57. The molecule has 1 unspecified atom stereocenters. The fourth-order valence-electron chi connectivity index (χ4n) is 2.18. The number of carbonyl (C=O) groups excluding carboxylic acids is 1. The zero-order valence-corrected chi connectivity index (χ0v) is 12.7. The van der Waals surface area contributed by atoms with E-state index in [0.29, 0.717) is 11.4 Å². The maximum Gasteiger partial charge on any atom is 0.269 e. The normalized spacial score (nSPS) is 11.8. The molecule has 0 bridgehead atoms. The van der Waals surface area contributed by atoms with Crippen LogP contribution in [0.1, 0.15) is 29.7 Å². The minimum atomic E-state index is -0.464. The Morgan fingerprint density at radius 2 is 1.86 bits per heavy atom. The number of hydrogen-bond acceptors (Lipinski definition) is 4. The van der Waals surface area contributed by atoms with E-state index < -0.39 is 10.8 Å². The first-order valence-corrected chi connectivity index (χ1v) is 6.87. The van der Waals surface area contributed by atoms with E-state index in [2.05, 4.69) is 10.3 Å². The number of pyridine rings is 1. The molecule has 0 aliphatic carbocycles. The number of nitro benzene ring substituents is 1. The summed E-state index contributed by atoms with van der Waals surface area (Å²) in [4.78, 5) is 26.7. The van der Waals surface area contributed by atoms with Crippen LogP contribution >= 0.6 is 0 Å². The maximum atomic E-state index is 12.3. The molecule has 6 nitrogen and oxygen atoms in total. The Morgan fingerprint density at radius 1 is 1.23 bits per heavy atom. The highest BCUT2D eigenvalue weighted by Gasteiger charge is 2.17. The number of aromatic nitrogens is 1. The summed E-state index contributed by atoms with van der Waals surface area (Å²) in [7, 11) is 0. The molecular weight excluding hydrogens is 282 g/mol. The molecule has 1 heterocycles. The van der Waals surface area contributed by atoms with Crippen molar-refractivity contribution in [1.82, 2.24) is 4.98 Å². The zero-order valence-electron chi connectivity index (χ0n) is 12.7. The first kappa shape index (κ1) is 15.6. The largest absolute Gasteiger partial charge is 0.310 e. The number of carbonyl (C=O) groups is 1. The van der Waals surface area contributed by atoms with Gasteiger partial charge in [0.15, 0.2) is 0 Å². The fourth-order valence-corrected chi connectivity index (χ4v) is 2.18. The van der Waals surface area contributed by atoms with Crippen molar-refractivity contribution < 1.29 is 9.72 Å². The number of nitrogens with one attached hydrogen (secondary N) is 1. The van der Waals surface area contributed by atoms with Crippen molar-refractivity contribution in [2.24, 2.45) is 0 Å². The molecule has 6 heteroatoms. The number of benzene rings is 1. The summed E-state index contributed by atoms with van der Waals surface area (Å²) in [6, 6.07) is 9.71. The monoisotopic (exact) mass is 299 g/mol. The van der Waals surface area contributed by atoms with Crippen molar-refractivity contribution in [3.8, 4) is 0 Å². The minimum absolute atomic E-state index is 0.00679. The molecule has 2 aromatic rings. The SMILES string of the molecule is Cc1cc(C)nc(NC(=O)C(C)c2ccc([N+](=O)[O-])cc2)c1. The van der Waals surface area contributed by atoms with Crippen LogP contribution in [0.25, 0.3) is 0 Å². The van der Waals surface area contributed by atoms with Crippen LogP contribution in [-0.2, 0) is 4.79 Å². The Kier molecular flexibility index (Phi) is 4.50. The molecule has 1 aromatic carbocycles. The Labute approximate surface area is 128 Å². The summed E-state index contributed by atoms with van der Waals surface area (Å²) in [6.07, 6.45) is 0. The molecule has 1 N–H and O–H groups in total. The highest BCUT2D eigenvalue weighted by Crippen LogP contribution is 2.21. The highest BCUT2D eigenvalue weighted by atomic mass is 16.6. The molecule has 0 radical (unpaired) electrons. The zero-order chi connectivity index (χ0) is 16.3. The number of amides is 1. The van der Waals surface area contributed by atoms with Gasteiger partial charge < -0.3 is 5.32 Å². The second kappa shape index (κ2) is 6.34. The van der Waals surface area contributed by atoms with Crippen LogP contribution in [0.5, 0.6) is 0 Å². The second-order valence-electron chi connectivity index (χ2n) is 5.23. The predicted molar refractivity (Wildman–Crippen MR) is 83.9 cm³/mol. The van der Waals surface area contributed by atoms with Gasteiger partial charge in [0.2, 0.25) is 5.91 Å². The van der Waals surface area contributed by atoms with E-state index in [1.165, 1.54) is 12.1 Å². The van der Waals surface area contributed by atoms with Gasteiger partial charge in [0.05, 0.1) is 10.8 Å². The smallest absolute Gasteiger partial charge is 0.269 e. The molecule has 0 spiro atoms. The van der Waals surface area contributed by atoms with Crippen LogP contribution in [-0.4, -0.2) is 15.8 Å². The summed E-state index contributed by atoms with van der Waals surface area (Å²) in [5, 5.41) is 13.4. The van der Waals surface area contributed by atoms with E-state index in [4.69, 9.17) is 0 Å². The Hall–Kier alpha value is -2.76. The topological polar surface area (TPSA) is 85.1 Å². The number of nitrogens with zero attached hydrogens (tertiary/aromatic N) is 2. The van der Waals surface area contributed by atoms with Crippen molar-refractivity contribution in [3.63, 3.8) is 0 Å². The fraction of sp³-hybridized carbons (Fsp3) is 0.250. The van der Waals surface area contributed by atoms with Crippen LogP contribution in [0, 0.1) is 24.0 Å². The summed E-state index contributed by atoms with van der Waals surface area (Å²) in [6.45, 7) is 5.55. The summed E-state index contributed by atoms with van der Waals surface area (Å²) < 4.78 is 0. The Balaban J connectivity index is 2.13. The molecule has 0 aliphatic heterocycles. The standard InChI is InChI=1S/C16H17N3O3/c1-10-8-11(2)17-15(9-10)18-16(20)12(3)13-4-6-14(7-5-13)19(21)22/h4-9,12H,1-3H3,(H,17,18,20). The Bertz CT molecular complexity index is 691. The lowest BCUT2D eigenvalue weighted by molar-refractivity contribution is -0.384. The van der Waals surface area contributed by atoms with Crippen LogP contribution in [0.3, 0.4) is 0 Å². The average molecular weight is 299 g/mol. The van der Waals surface area contributed by atoms with E-state index in [0.717, 1.165) is 11.3 Å². The van der Waals surface area contributed by atoms with Gasteiger partial charge in [-0.3, -0.25) is 14.9 Å². The maximum absolute atomic E-state index is 12.3. The second-order valence-corrected chi connectivity index (χ2v) is 5.23. The lowest BCUT2D eigenvalue weighted by atomic mass is 10.00. The molecule has 0 saturated carbocycles.